The average molecular weight is 446 g/mol. The van der Waals surface area contributed by atoms with Gasteiger partial charge in [-0.25, -0.2) is 0 Å². The number of carbonyl (C=O) groups is 2. The van der Waals surface area contributed by atoms with E-state index in [-0.39, 0.29) is 48.8 Å². The molecule has 2 N–H and O–H groups in total. The van der Waals surface area contributed by atoms with Crippen LogP contribution in [0.25, 0.3) is 0 Å². The van der Waals surface area contributed by atoms with Crippen molar-refractivity contribution < 1.29 is 19.4 Å². The Morgan fingerprint density at radius 3 is 2.66 bits per heavy atom. The zero-order valence-corrected chi connectivity index (χ0v) is 20.0. The van der Waals surface area contributed by atoms with E-state index >= 15 is 0 Å². The summed E-state index contributed by atoms with van der Waals surface area (Å²) in [6.45, 7) is 5.12. The van der Waals surface area contributed by atoms with Crippen LogP contribution in [0.15, 0.2) is 18.2 Å². The molecular formula is C25H39N3O4. The maximum Gasteiger partial charge on any atom is 0.227 e. The van der Waals surface area contributed by atoms with Gasteiger partial charge in [0.1, 0.15) is 11.9 Å². The molecule has 32 heavy (non-hydrogen) atoms. The first kappa shape index (κ1) is 24.5. The highest BCUT2D eigenvalue weighted by Gasteiger charge is 2.31. The fraction of sp³-hybridized carbons (Fsp3) is 0.680. The van der Waals surface area contributed by atoms with Gasteiger partial charge in [-0.3, -0.25) is 9.59 Å². The third-order valence-corrected chi connectivity index (χ3v) is 6.71. The lowest BCUT2D eigenvalue weighted by atomic mass is 9.88. The Kier molecular flexibility index (Phi) is 8.54. The minimum Gasteiger partial charge on any atom is -0.488 e. The molecular weight excluding hydrogens is 406 g/mol. The number of fused-ring (bicyclic) bond motifs is 1. The number of ether oxygens (including phenoxy) is 1. The monoisotopic (exact) mass is 445 g/mol. The molecule has 1 saturated carbocycles. The zero-order valence-electron chi connectivity index (χ0n) is 20.0. The summed E-state index contributed by atoms with van der Waals surface area (Å²) in [6.07, 6.45) is 5.37. The Bertz CT molecular complexity index is 791. The first-order valence-electron chi connectivity index (χ1n) is 11.9. The summed E-state index contributed by atoms with van der Waals surface area (Å²) in [7, 11) is 4.01. The van der Waals surface area contributed by atoms with Crippen LogP contribution >= 0.6 is 0 Å². The first-order valence-corrected chi connectivity index (χ1v) is 11.9. The van der Waals surface area contributed by atoms with Crippen LogP contribution in [-0.4, -0.2) is 72.7 Å². The maximum absolute atomic E-state index is 13.2. The number of hydrogen-bond donors (Lipinski definition) is 2. The fourth-order valence-electron chi connectivity index (χ4n) is 4.69. The van der Waals surface area contributed by atoms with Gasteiger partial charge in [-0.2, -0.15) is 0 Å². The SMILES string of the molecule is C[C@@H]1CN([C@@H](C)CO)C(=O)Cc2cc(NC(=O)C3CCCCC3)ccc2O[C@@H]1CN(C)C. The predicted molar refractivity (Wildman–Crippen MR) is 126 cm³/mol. The second-order valence-electron chi connectivity index (χ2n) is 9.80. The van der Waals surface area contributed by atoms with Gasteiger partial charge in [0.05, 0.1) is 19.1 Å². The van der Waals surface area contributed by atoms with Crippen LogP contribution < -0.4 is 10.1 Å². The number of carbonyl (C=O) groups excluding carboxylic acids is 2. The van der Waals surface area contributed by atoms with E-state index in [1.165, 1.54) is 6.42 Å². The molecule has 0 bridgehead atoms. The number of anilines is 1. The lowest BCUT2D eigenvalue weighted by Gasteiger charge is -2.33. The van der Waals surface area contributed by atoms with Crippen molar-refractivity contribution in [3.8, 4) is 5.75 Å². The smallest absolute Gasteiger partial charge is 0.227 e. The number of nitrogens with zero attached hydrogens (tertiary/aromatic N) is 2. The summed E-state index contributed by atoms with van der Waals surface area (Å²) in [5.74, 6) is 0.871. The van der Waals surface area contributed by atoms with E-state index in [0.29, 0.717) is 18.0 Å². The average Bonchev–Trinajstić information content (AvgIpc) is 2.81. The molecule has 1 aliphatic heterocycles. The van der Waals surface area contributed by atoms with Crippen LogP contribution in [0.4, 0.5) is 5.69 Å². The lowest BCUT2D eigenvalue weighted by Crippen LogP contribution is -2.47. The van der Waals surface area contributed by atoms with E-state index < -0.39 is 0 Å². The number of rotatable bonds is 6. The van der Waals surface area contributed by atoms with Crippen molar-refractivity contribution in [3.63, 3.8) is 0 Å². The predicted octanol–water partition coefficient (Wildman–Crippen LogP) is 2.92. The number of aliphatic hydroxyl groups is 1. The van der Waals surface area contributed by atoms with Gasteiger partial charge in [0, 0.05) is 36.2 Å². The molecule has 1 aromatic carbocycles. The van der Waals surface area contributed by atoms with Crippen molar-refractivity contribution in [1.29, 1.82) is 0 Å². The topological polar surface area (TPSA) is 82.1 Å². The molecule has 1 fully saturated rings. The molecule has 178 valence electrons. The number of aliphatic hydroxyl groups excluding tert-OH is 1. The first-order chi connectivity index (χ1) is 15.3. The Hall–Kier alpha value is -2.12. The molecule has 3 rings (SSSR count). The van der Waals surface area contributed by atoms with Crippen LogP contribution in [0.5, 0.6) is 5.75 Å². The Morgan fingerprint density at radius 1 is 1.28 bits per heavy atom. The van der Waals surface area contributed by atoms with Crippen LogP contribution in [0.3, 0.4) is 0 Å². The summed E-state index contributed by atoms with van der Waals surface area (Å²) in [6, 6.07) is 5.35. The highest BCUT2D eigenvalue weighted by Crippen LogP contribution is 2.30. The largest absolute Gasteiger partial charge is 0.488 e. The molecule has 0 saturated heterocycles. The Morgan fingerprint density at radius 2 is 2.00 bits per heavy atom. The summed E-state index contributed by atoms with van der Waals surface area (Å²) < 4.78 is 6.43. The Balaban J connectivity index is 1.87. The molecule has 1 aromatic rings. The molecule has 2 aliphatic rings. The number of nitrogens with one attached hydrogen (secondary N) is 1. The molecule has 1 aliphatic carbocycles. The van der Waals surface area contributed by atoms with E-state index in [0.717, 1.165) is 37.8 Å². The van der Waals surface area contributed by atoms with Gasteiger partial charge in [0.15, 0.2) is 0 Å². The number of benzene rings is 1. The third-order valence-electron chi connectivity index (χ3n) is 6.71. The van der Waals surface area contributed by atoms with Gasteiger partial charge >= 0.3 is 0 Å². The van der Waals surface area contributed by atoms with Crippen LogP contribution in [0.1, 0.15) is 51.5 Å². The second-order valence-corrected chi connectivity index (χ2v) is 9.80. The van der Waals surface area contributed by atoms with Gasteiger partial charge in [-0.15, -0.1) is 0 Å². The standard InChI is InChI=1S/C25H39N3O4/c1-17-14-28(18(2)16-29)24(30)13-20-12-21(26-25(31)19-8-6-5-7-9-19)10-11-22(20)32-23(17)15-27(3)4/h10-12,17-19,23,29H,5-9,13-16H2,1-4H3,(H,26,31)/t17-,18+,23-/m1/s1. The summed E-state index contributed by atoms with van der Waals surface area (Å²) in [5, 5.41) is 12.8. The molecule has 2 amide bonds. The van der Waals surface area contributed by atoms with Crippen LogP contribution in [0, 0.1) is 11.8 Å². The van der Waals surface area contributed by atoms with Gasteiger partial charge in [0.2, 0.25) is 11.8 Å². The van der Waals surface area contributed by atoms with Crippen LogP contribution in [0.2, 0.25) is 0 Å². The molecule has 0 unspecified atom stereocenters. The van der Waals surface area contributed by atoms with E-state index in [1.54, 1.807) is 4.90 Å². The molecule has 0 radical (unpaired) electrons. The van der Waals surface area contributed by atoms with Crippen molar-refractivity contribution >= 4 is 17.5 Å². The van der Waals surface area contributed by atoms with E-state index in [2.05, 4.69) is 17.1 Å². The van der Waals surface area contributed by atoms with E-state index in [1.807, 2.05) is 39.2 Å². The highest BCUT2D eigenvalue weighted by molar-refractivity contribution is 5.93. The molecule has 1 heterocycles. The normalized spacial score (nSPS) is 23.6. The fourth-order valence-corrected chi connectivity index (χ4v) is 4.69. The van der Waals surface area contributed by atoms with E-state index in [4.69, 9.17) is 4.74 Å². The summed E-state index contributed by atoms with van der Waals surface area (Å²) in [5.41, 5.74) is 1.47. The minimum atomic E-state index is -0.263. The van der Waals surface area contributed by atoms with Crippen molar-refractivity contribution in [2.75, 3.05) is 39.1 Å². The third kappa shape index (κ3) is 6.23. The summed E-state index contributed by atoms with van der Waals surface area (Å²) >= 11 is 0. The van der Waals surface area contributed by atoms with Crippen LogP contribution in [-0.2, 0) is 16.0 Å². The molecule has 7 nitrogen and oxygen atoms in total. The Labute approximate surface area is 192 Å². The zero-order chi connectivity index (χ0) is 23.3. The number of amides is 2. The number of likely N-dealkylation sites (N-methyl/N-ethyl adjacent to an activating group) is 1. The van der Waals surface area contributed by atoms with Crippen molar-refractivity contribution in [2.24, 2.45) is 11.8 Å². The van der Waals surface area contributed by atoms with Gasteiger partial charge in [-0.1, -0.05) is 26.2 Å². The highest BCUT2D eigenvalue weighted by atomic mass is 16.5. The van der Waals surface area contributed by atoms with Crippen molar-refractivity contribution in [1.82, 2.24) is 9.80 Å². The molecule has 7 heteroatoms. The maximum atomic E-state index is 13.2. The number of hydrogen-bond acceptors (Lipinski definition) is 5. The van der Waals surface area contributed by atoms with Crippen molar-refractivity contribution in [2.45, 2.75) is 64.5 Å². The quantitative estimate of drug-likeness (QED) is 0.704. The minimum absolute atomic E-state index is 0.0375. The summed E-state index contributed by atoms with van der Waals surface area (Å²) in [4.78, 5) is 29.8. The molecule has 0 spiro atoms. The van der Waals surface area contributed by atoms with Crippen molar-refractivity contribution in [3.05, 3.63) is 23.8 Å². The van der Waals surface area contributed by atoms with Gasteiger partial charge < -0.3 is 25.0 Å². The molecule has 0 aromatic heterocycles. The van der Waals surface area contributed by atoms with Gasteiger partial charge in [0.25, 0.3) is 0 Å². The van der Waals surface area contributed by atoms with Gasteiger partial charge in [-0.05, 0) is 52.1 Å². The second kappa shape index (κ2) is 11.1. The molecule has 3 atom stereocenters. The van der Waals surface area contributed by atoms with E-state index in [9.17, 15) is 14.7 Å². The lowest BCUT2D eigenvalue weighted by molar-refractivity contribution is -0.134.